The quantitative estimate of drug-likeness (QED) is 0.772. The minimum atomic E-state index is -0.586. The molecule has 7 heteroatoms. The smallest absolute Gasteiger partial charge is 0.250 e. The summed E-state index contributed by atoms with van der Waals surface area (Å²) in [6.07, 6.45) is 2.84. The molecule has 0 amide bonds. The molecular weight excluding hydrogens is 319 g/mol. The van der Waals surface area contributed by atoms with Crippen LogP contribution in [0.4, 0.5) is 10.2 Å². The second-order valence-electron chi connectivity index (χ2n) is 5.04. The lowest BCUT2D eigenvalue weighted by atomic mass is 10.2. The van der Waals surface area contributed by atoms with Gasteiger partial charge in [0.1, 0.15) is 18.8 Å². The Balaban J connectivity index is 1.68. The van der Waals surface area contributed by atoms with Crippen LogP contribution in [-0.4, -0.2) is 27.6 Å². The molecule has 0 aliphatic carbocycles. The van der Waals surface area contributed by atoms with Gasteiger partial charge in [0.25, 0.3) is 5.88 Å². The highest BCUT2D eigenvalue weighted by Crippen LogP contribution is 2.20. The Kier molecular flexibility index (Phi) is 4.52. The number of halogens is 2. The van der Waals surface area contributed by atoms with Crippen molar-refractivity contribution in [3.8, 4) is 5.88 Å². The fraction of sp³-hybridized carbons (Fsp3) is 0.188. The number of rotatable bonds is 5. The minimum Gasteiger partial charge on any atom is -0.473 e. The number of hydrogen-bond acceptors (Lipinski definition) is 5. The zero-order valence-electron chi connectivity index (χ0n) is 12.3. The van der Waals surface area contributed by atoms with Crippen LogP contribution in [0, 0.1) is 5.82 Å². The third-order valence-electron chi connectivity index (χ3n) is 3.17. The summed E-state index contributed by atoms with van der Waals surface area (Å²) in [5.41, 5.74) is 0.850. The SMILES string of the molecule is C[C@H](COc1ncc(Cl)cc1F)Nc1ncnc2ccccc12. The molecule has 3 rings (SSSR count). The molecule has 0 aliphatic rings. The van der Waals surface area contributed by atoms with E-state index >= 15 is 0 Å². The molecule has 1 atom stereocenters. The summed E-state index contributed by atoms with van der Waals surface area (Å²) in [7, 11) is 0. The summed E-state index contributed by atoms with van der Waals surface area (Å²) < 4.78 is 19.0. The van der Waals surface area contributed by atoms with E-state index < -0.39 is 5.82 Å². The van der Waals surface area contributed by atoms with Crippen molar-refractivity contribution in [1.82, 2.24) is 15.0 Å². The first-order chi connectivity index (χ1) is 11.1. The molecule has 2 heterocycles. The topological polar surface area (TPSA) is 59.9 Å². The van der Waals surface area contributed by atoms with E-state index in [1.54, 1.807) is 0 Å². The lowest BCUT2D eigenvalue weighted by Crippen LogP contribution is -2.24. The summed E-state index contributed by atoms with van der Waals surface area (Å²) in [5.74, 6) is 0.0454. The van der Waals surface area contributed by atoms with E-state index in [2.05, 4.69) is 20.3 Å². The molecule has 3 aromatic rings. The summed E-state index contributed by atoms with van der Waals surface area (Å²) in [6.45, 7) is 2.13. The van der Waals surface area contributed by atoms with Gasteiger partial charge in [-0.25, -0.2) is 19.3 Å². The van der Waals surface area contributed by atoms with Crippen molar-refractivity contribution in [2.45, 2.75) is 13.0 Å². The highest BCUT2D eigenvalue weighted by atomic mass is 35.5. The van der Waals surface area contributed by atoms with Gasteiger partial charge >= 0.3 is 0 Å². The summed E-state index contributed by atoms with van der Waals surface area (Å²) in [5, 5.41) is 4.38. The largest absolute Gasteiger partial charge is 0.473 e. The molecule has 0 fully saturated rings. The Morgan fingerprint density at radius 2 is 2.09 bits per heavy atom. The van der Waals surface area contributed by atoms with Crippen molar-refractivity contribution < 1.29 is 9.13 Å². The molecule has 5 nitrogen and oxygen atoms in total. The molecule has 0 saturated heterocycles. The molecule has 0 unspecified atom stereocenters. The number of nitrogens with zero attached hydrogens (tertiary/aromatic N) is 3. The zero-order valence-corrected chi connectivity index (χ0v) is 13.1. The van der Waals surface area contributed by atoms with Crippen LogP contribution < -0.4 is 10.1 Å². The standard InChI is InChI=1S/C16H14ClFN4O/c1-10(8-23-16-13(18)6-11(17)7-19-16)22-15-12-4-2-3-5-14(12)20-9-21-15/h2-7,9-10H,8H2,1H3,(H,20,21,22)/t10-/m1/s1. The second kappa shape index (κ2) is 6.75. The molecule has 0 spiro atoms. The number of ether oxygens (including phenoxy) is 1. The number of fused-ring (bicyclic) bond motifs is 1. The Morgan fingerprint density at radius 1 is 1.26 bits per heavy atom. The highest BCUT2D eigenvalue weighted by Gasteiger charge is 2.11. The lowest BCUT2D eigenvalue weighted by Gasteiger charge is -2.16. The molecule has 23 heavy (non-hydrogen) atoms. The van der Waals surface area contributed by atoms with E-state index in [0.29, 0.717) is 5.82 Å². The van der Waals surface area contributed by atoms with Crippen LogP contribution >= 0.6 is 11.6 Å². The van der Waals surface area contributed by atoms with Gasteiger partial charge in [0, 0.05) is 11.6 Å². The fourth-order valence-corrected chi connectivity index (χ4v) is 2.25. The van der Waals surface area contributed by atoms with Gasteiger partial charge in [-0.15, -0.1) is 0 Å². The third kappa shape index (κ3) is 3.65. The van der Waals surface area contributed by atoms with Crippen molar-refractivity contribution in [3.05, 3.63) is 53.7 Å². The van der Waals surface area contributed by atoms with Gasteiger partial charge in [-0.3, -0.25) is 0 Å². The van der Waals surface area contributed by atoms with Crippen LogP contribution in [0.1, 0.15) is 6.92 Å². The van der Waals surface area contributed by atoms with E-state index in [0.717, 1.165) is 10.9 Å². The molecule has 0 bridgehead atoms. The Labute approximate surface area is 137 Å². The Hall–Kier alpha value is -2.47. The van der Waals surface area contributed by atoms with Gasteiger partial charge in [-0.1, -0.05) is 23.7 Å². The van der Waals surface area contributed by atoms with Crippen LogP contribution in [0.5, 0.6) is 5.88 Å². The van der Waals surface area contributed by atoms with Gasteiger partial charge < -0.3 is 10.1 Å². The number of hydrogen-bond donors (Lipinski definition) is 1. The van der Waals surface area contributed by atoms with Gasteiger partial charge in [-0.2, -0.15) is 0 Å². The van der Waals surface area contributed by atoms with E-state index in [-0.39, 0.29) is 23.6 Å². The van der Waals surface area contributed by atoms with Crippen LogP contribution in [0.15, 0.2) is 42.9 Å². The number of para-hydroxylation sites is 1. The molecule has 0 radical (unpaired) electrons. The van der Waals surface area contributed by atoms with Gasteiger partial charge in [0.15, 0.2) is 5.82 Å². The normalized spacial score (nSPS) is 12.1. The maximum atomic E-state index is 13.6. The van der Waals surface area contributed by atoms with Crippen molar-refractivity contribution in [2.24, 2.45) is 0 Å². The minimum absolute atomic E-state index is 0.0735. The first-order valence-electron chi connectivity index (χ1n) is 7.03. The van der Waals surface area contributed by atoms with Crippen molar-refractivity contribution in [2.75, 3.05) is 11.9 Å². The van der Waals surface area contributed by atoms with Crippen molar-refractivity contribution >= 4 is 28.3 Å². The van der Waals surface area contributed by atoms with Crippen LogP contribution in [0.3, 0.4) is 0 Å². The van der Waals surface area contributed by atoms with Gasteiger partial charge in [-0.05, 0) is 25.1 Å². The van der Waals surface area contributed by atoms with E-state index in [1.165, 1.54) is 18.6 Å². The predicted molar refractivity (Wildman–Crippen MR) is 87.3 cm³/mol. The first kappa shape index (κ1) is 15.4. The average Bonchev–Trinajstić information content (AvgIpc) is 2.54. The maximum absolute atomic E-state index is 13.6. The maximum Gasteiger partial charge on any atom is 0.250 e. The third-order valence-corrected chi connectivity index (χ3v) is 3.38. The number of benzene rings is 1. The fourth-order valence-electron chi connectivity index (χ4n) is 2.11. The summed E-state index contributed by atoms with van der Waals surface area (Å²) in [6, 6.07) is 8.75. The van der Waals surface area contributed by atoms with Crippen LogP contribution in [0.2, 0.25) is 5.02 Å². The average molecular weight is 333 g/mol. The van der Waals surface area contributed by atoms with E-state index in [1.807, 2.05) is 31.2 Å². The first-order valence-corrected chi connectivity index (χ1v) is 7.41. The molecule has 1 N–H and O–H groups in total. The Bertz CT molecular complexity index is 825. The molecule has 0 aliphatic heterocycles. The molecule has 118 valence electrons. The van der Waals surface area contributed by atoms with Gasteiger partial charge in [0.05, 0.1) is 16.6 Å². The molecular formula is C16H14ClFN4O. The van der Waals surface area contributed by atoms with Crippen molar-refractivity contribution in [1.29, 1.82) is 0 Å². The lowest BCUT2D eigenvalue weighted by molar-refractivity contribution is 0.277. The monoisotopic (exact) mass is 332 g/mol. The molecule has 2 aromatic heterocycles. The number of anilines is 1. The summed E-state index contributed by atoms with van der Waals surface area (Å²) in [4.78, 5) is 12.3. The molecule has 0 saturated carbocycles. The van der Waals surface area contributed by atoms with Crippen molar-refractivity contribution in [3.63, 3.8) is 0 Å². The number of nitrogens with one attached hydrogen (secondary N) is 1. The van der Waals surface area contributed by atoms with Gasteiger partial charge in [0.2, 0.25) is 0 Å². The van der Waals surface area contributed by atoms with E-state index in [4.69, 9.17) is 16.3 Å². The predicted octanol–water partition coefficient (Wildman–Crippen LogP) is 3.70. The van der Waals surface area contributed by atoms with Crippen LogP contribution in [-0.2, 0) is 0 Å². The Morgan fingerprint density at radius 3 is 2.91 bits per heavy atom. The second-order valence-corrected chi connectivity index (χ2v) is 5.47. The number of aromatic nitrogens is 3. The zero-order chi connectivity index (χ0) is 16.2. The number of pyridine rings is 1. The summed E-state index contributed by atoms with van der Waals surface area (Å²) >= 11 is 5.66. The highest BCUT2D eigenvalue weighted by molar-refractivity contribution is 6.30. The van der Waals surface area contributed by atoms with E-state index in [9.17, 15) is 4.39 Å². The molecule has 1 aromatic carbocycles. The van der Waals surface area contributed by atoms with Crippen LogP contribution in [0.25, 0.3) is 10.9 Å².